The molecule has 0 aliphatic heterocycles. The monoisotopic (exact) mass is 452 g/mol. The van der Waals surface area contributed by atoms with Crippen molar-refractivity contribution in [2.45, 2.75) is 6.92 Å². The molecule has 2 rings (SSSR count). The third kappa shape index (κ3) is 5.60. The van der Waals surface area contributed by atoms with Gasteiger partial charge in [-0.2, -0.15) is 5.10 Å². The fourth-order valence-electron chi connectivity index (χ4n) is 1.94. The summed E-state index contributed by atoms with van der Waals surface area (Å²) >= 11 is 9.03. The SMILES string of the molecule is CC(C(=O)NN=Cc1ccc(Cl)c([N+](=O)[O-])c1)C(=O)Nc1ccccc1Br. The van der Waals surface area contributed by atoms with Crippen molar-refractivity contribution >= 4 is 56.9 Å². The lowest BCUT2D eigenvalue weighted by molar-refractivity contribution is -0.384. The highest BCUT2D eigenvalue weighted by Gasteiger charge is 2.21. The van der Waals surface area contributed by atoms with Crippen LogP contribution in [0, 0.1) is 16.0 Å². The van der Waals surface area contributed by atoms with E-state index < -0.39 is 22.7 Å². The maximum absolute atomic E-state index is 12.2. The smallest absolute Gasteiger partial charge is 0.288 e. The fraction of sp³-hybridized carbons (Fsp3) is 0.118. The number of carbonyl (C=O) groups excluding carboxylic acids is 2. The Bertz CT molecular complexity index is 920. The largest absolute Gasteiger partial charge is 0.324 e. The van der Waals surface area contributed by atoms with Crippen LogP contribution >= 0.6 is 27.5 Å². The first kappa shape index (κ1) is 20.5. The van der Waals surface area contributed by atoms with E-state index in [2.05, 4.69) is 31.8 Å². The van der Waals surface area contributed by atoms with Gasteiger partial charge in [-0.15, -0.1) is 0 Å². The Morgan fingerprint density at radius 2 is 1.96 bits per heavy atom. The predicted octanol–water partition coefficient (Wildman–Crippen LogP) is 3.74. The van der Waals surface area contributed by atoms with E-state index in [1.807, 2.05) is 0 Å². The first-order chi connectivity index (χ1) is 12.8. The Hall–Kier alpha value is -2.78. The summed E-state index contributed by atoms with van der Waals surface area (Å²) in [6.45, 7) is 1.43. The molecule has 0 bridgehead atoms. The lowest BCUT2D eigenvalue weighted by Crippen LogP contribution is -2.34. The van der Waals surface area contributed by atoms with Crippen LogP contribution in [0.1, 0.15) is 12.5 Å². The number of nitro groups is 1. The quantitative estimate of drug-likeness (QED) is 0.300. The van der Waals surface area contributed by atoms with Crippen LogP contribution < -0.4 is 10.7 Å². The average Bonchev–Trinajstić information content (AvgIpc) is 2.63. The molecule has 0 aliphatic carbocycles. The van der Waals surface area contributed by atoms with E-state index in [-0.39, 0.29) is 10.7 Å². The molecule has 2 amide bonds. The van der Waals surface area contributed by atoms with Gasteiger partial charge >= 0.3 is 0 Å². The van der Waals surface area contributed by atoms with Gasteiger partial charge in [-0.05, 0) is 41.1 Å². The lowest BCUT2D eigenvalue weighted by atomic mass is 10.1. The molecule has 2 aromatic carbocycles. The van der Waals surface area contributed by atoms with Crippen molar-refractivity contribution in [3.63, 3.8) is 0 Å². The molecule has 0 saturated carbocycles. The Morgan fingerprint density at radius 1 is 1.26 bits per heavy atom. The first-order valence-corrected chi connectivity index (χ1v) is 8.79. The van der Waals surface area contributed by atoms with Crippen LogP contribution in [0.25, 0.3) is 0 Å². The van der Waals surface area contributed by atoms with Crippen molar-refractivity contribution in [1.82, 2.24) is 5.43 Å². The van der Waals surface area contributed by atoms with E-state index in [1.165, 1.54) is 31.3 Å². The maximum Gasteiger partial charge on any atom is 0.288 e. The molecular weight excluding hydrogens is 440 g/mol. The van der Waals surface area contributed by atoms with Crippen LogP contribution in [0.3, 0.4) is 0 Å². The number of amides is 2. The molecule has 0 radical (unpaired) electrons. The Labute approximate surface area is 167 Å². The van der Waals surface area contributed by atoms with E-state index in [0.29, 0.717) is 15.7 Å². The van der Waals surface area contributed by atoms with Gasteiger partial charge in [0.25, 0.3) is 11.6 Å². The Morgan fingerprint density at radius 3 is 2.63 bits per heavy atom. The molecule has 0 fully saturated rings. The van der Waals surface area contributed by atoms with Crippen LogP contribution in [0.4, 0.5) is 11.4 Å². The number of nitrogens with one attached hydrogen (secondary N) is 2. The molecule has 0 heterocycles. The van der Waals surface area contributed by atoms with Crippen molar-refractivity contribution in [3.8, 4) is 0 Å². The number of nitrogens with zero attached hydrogens (tertiary/aromatic N) is 2. The topological polar surface area (TPSA) is 114 Å². The zero-order valence-corrected chi connectivity index (χ0v) is 16.3. The number of para-hydroxylation sites is 1. The number of halogens is 2. The van der Waals surface area contributed by atoms with Crippen LogP contribution in [0.2, 0.25) is 5.02 Å². The molecule has 0 spiro atoms. The molecule has 10 heteroatoms. The van der Waals surface area contributed by atoms with Gasteiger partial charge in [-0.25, -0.2) is 5.43 Å². The van der Waals surface area contributed by atoms with Gasteiger partial charge in [0.05, 0.1) is 16.8 Å². The van der Waals surface area contributed by atoms with E-state index in [0.717, 1.165) is 0 Å². The zero-order valence-electron chi connectivity index (χ0n) is 14.0. The number of benzene rings is 2. The fourth-order valence-corrected chi connectivity index (χ4v) is 2.51. The van der Waals surface area contributed by atoms with E-state index in [9.17, 15) is 19.7 Å². The molecule has 0 aliphatic rings. The second kappa shape index (κ2) is 9.24. The molecule has 8 nitrogen and oxygen atoms in total. The predicted molar refractivity (Wildman–Crippen MR) is 106 cm³/mol. The minimum Gasteiger partial charge on any atom is -0.324 e. The summed E-state index contributed by atoms with van der Waals surface area (Å²) in [5, 5.41) is 17.2. The van der Waals surface area contributed by atoms with Gasteiger partial charge in [0.15, 0.2) is 0 Å². The molecule has 0 aromatic heterocycles. The lowest BCUT2D eigenvalue weighted by Gasteiger charge is -2.11. The number of hydrogen-bond acceptors (Lipinski definition) is 5. The molecule has 0 saturated heterocycles. The third-order valence-electron chi connectivity index (χ3n) is 3.47. The average molecular weight is 454 g/mol. The second-order valence-electron chi connectivity index (χ2n) is 5.39. The van der Waals surface area contributed by atoms with Crippen molar-refractivity contribution in [2.24, 2.45) is 11.0 Å². The minimum atomic E-state index is -1.01. The molecule has 1 atom stereocenters. The maximum atomic E-state index is 12.2. The normalized spacial score (nSPS) is 11.8. The molecular formula is C17H14BrClN4O4. The van der Waals surface area contributed by atoms with Gasteiger partial charge in [0.2, 0.25) is 5.91 Å². The third-order valence-corrected chi connectivity index (χ3v) is 4.48. The highest BCUT2D eigenvalue weighted by molar-refractivity contribution is 9.10. The van der Waals surface area contributed by atoms with Crippen LogP contribution in [-0.4, -0.2) is 23.0 Å². The van der Waals surface area contributed by atoms with Gasteiger partial charge in [0, 0.05) is 16.1 Å². The number of hydrogen-bond donors (Lipinski definition) is 2. The van der Waals surface area contributed by atoms with E-state index >= 15 is 0 Å². The number of nitro benzene ring substituents is 1. The van der Waals surface area contributed by atoms with Crippen molar-refractivity contribution in [2.75, 3.05) is 5.32 Å². The van der Waals surface area contributed by atoms with Crippen LogP contribution in [0.15, 0.2) is 52.0 Å². The Kier molecular flexibility index (Phi) is 7.03. The zero-order chi connectivity index (χ0) is 20.0. The molecule has 2 N–H and O–H groups in total. The first-order valence-electron chi connectivity index (χ1n) is 7.62. The van der Waals surface area contributed by atoms with Crippen LogP contribution in [-0.2, 0) is 9.59 Å². The summed E-state index contributed by atoms with van der Waals surface area (Å²) in [6, 6.07) is 11.1. The molecule has 2 aromatic rings. The highest BCUT2D eigenvalue weighted by Crippen LogP contribution is 2.24. The number of anilines is 1. The Balaban J connectivity index is 1.97. The van der Waals surface area contributed by atoms with E-state index in [1.54, 1.807) is 24.3 Å². The van der Waals surface area contributed by atoms with Gasteiger partial charge in [0.1, 0.15) is 10.9 Å². The second-order valence-corrected chi connectivity index (χ2v) is 6.65. The standard InChI is InChI=1S/C17H14BrClN4O4/c1-10(16(24)21-14-5-3-2-4-12(14)18)17(25)22-20-9-11-6-7-13(19)15(8-11)23(26)27/h2-10H,1H3,(H,21,24)(H,22,25). The summed E-state index contributed by atoms with van der Waals surface area (Å²) in [6.07, 6.45) is 1.22. The van der Waals surface area contributed by atoms with Gasteiger partial charge < -0.3 is 5.32 Å². The van der Waals surface area contributed by atoms with Crippen molar-refractivity contribution in [1.29, 1.82) is 0 Å². The minimum absolute atomic E-state index is 0.00134. The highest BCUT2D eigenvalue weighted by atomic mass is 79.9. The summed E-state index contributed by atoms with van der Waals surface area (Å²) in [5.74, 6) is -2.13. The van der Waals surface area contributed by atoms with Crippen molar-refractivity contribution < 1.29 is 14.5 Å². The van der Waals surface area contributed by atoms with Gasteiger partial charge in [-0.1, -0.05) is 29.8 Å². The van der Waals surface area contributed by atoms with E-state index in [4.69, 9.17) is 11.6 Å². The molecule has 140 valence electrons. The summed E-state index contributed by atoms with van der Waals surface area (Å²) in [4.78, 5) is 34.4. The van der Waals surface area contributed by atoms with Crippen molar-refractivity contribution in [3.05, 3.63) is 67.6 Å². The van der Waals surface area contributed by atoms with Crippen LogP contribution in [0.5, 0.6) is 0 Å². The molecule has 1 unspecified atom stereocenters. The number of rotatable bonds is 6. The summed E-state index contributed by atoms with van der Waals surface area (Å²) < 4.78 is 0.688. The number of hydrazone groups is 1. The summed E-state index contributed by atoms with van der Waals surface area (Å²) in [7, 11) is 0. The summed E-state index contributed by atoms with van der Waals surface area (Å²) in [5.41, 5.74) is 2.87. The number of carbonyl (C=O) groups is 2. The van der Waals surface area contributed by atoms with Gasteiger partial charge in [-0.3, -0.25) is 19.7 Å². The molecule has 27 heavy (non-hydrogen) atoms.